The van der Waals surface area contributed by atoms with Crippen LogP contribution in [0.3, 0.4) is 0 Å². The Bertz CT molecular complexity index is 1190. The van der Waals surface area contributed by atoms with E-state index in [-0.39, 0.29) is 5.56 Å². The van der Waals surface area contributed by atoms with Crippen LogP contribution in [-0.2, 0) is 13.1 Å². The number of benzene rings is 1. The van der Waals surface area contributed by atoms with E-state index in [1.54, 1.807) is 23.1 Å². The number of rotatable bonds is 5. The van der Waals surface area contributed by atoms with Gasteiger partial charge in [0.25, 0.3) is 5.56 Å². The number of anilines is 1. The van der Waals surface area contributed by atoms with Gasteiger partial charge in [-0.15, -0.1) is 11.3 Å². The highest BCUT2D eigenvalue weighted by molar-refractivity contribution is 8.08. The highest BCUT2D eigenvalue weighted by Gasteiger charge is 2.24. The summed E-state index contributed by atoms with van der Waals surface area (Å²) in [5.41, 5.74) is 2.38. The molecule has 0 fully saturated rings. The molecule has 0 spiro atoms. The quantitative estimate of drug-likeness (QED) is 0.589. The minimum absolute atomic E-state index is 0.0971. The maximum Gasteiger partial charge on any atom is 0.271 e. The summed E-state index contributed by atoms with van der Waals surface area (Å²) in [6.07, 6.45) is 8.74. The second kappa shape index (κ2) is 8.59. The smallest absolute Gasteiger partial charge is 0.271 e. The average Bonchev–Trinajstić information content (AvgIpc) is 3.24. The van der Waals surface area contributed by atoms with E-state index in [1.807, 2.05) is 30.7 Å². The fourth-order valence-corrected chi connectivity index (χ4v) is 5.94. The fourth-order valence-electron chi connectivity index (χ4n) is 3.47. The second-order valence-corrected chi connectivity index (χ2v) is 9.18. The Hall–Kier alpha value is -2.31. The van der Waals surface area contributed by atoms with Crippen molar-refractivity contribution < 1.29 is 4.57 Å². The Balaban J connectivity index is 1.78. The zero-order valence-electron chi connectivity index (χ0n) is 17.1. The van der Waals surface area contributed by atoms with Gasteiger partial charge in [0.15, 0.2) is 12.4 Å². The minimum Gasteiger partial charge on any atom is -0.337 e. The molecule has 0 saturated heterocycles. The van der Waals surface area contributed by atoms with Gasteiger partial charge in [-0.25, -0.2) is 4.57 Å². The maximum atomic E-state index is 13.2. The first-order valence-corrected chi connectivity index (χ1v) is 11.7. The Morgan fingerprint density at radius 1 is 1.10 bits per heavy atom. The maximum absolute atomic E-state index is 13.2. The monoisotopic (exact) mass is 424 g/mol. The fraction of sp³-hybridized carbons (Fsp3) is 0.304. The van der Waals surface area contributed by atoms with Gasteiger partial charge >= 0.3 is 0 Å². The summed E-state index contributed by atoms with van der Waals surface area (Å²) in [4.78, 5) is 16.5. The van der Waals surface area contributed by atoms with Crippen LogP contribution in [-0.4, -0.2) is 11.6 Å². The Morgan fingerprint density at radius 3 is 2.55 bits per heavy atom. The first-order valence-electron chi connectivity index (χ1n) is 10.1. The molecule has 0 N–H and O–H groups in total. The number of fused-ring (bicyclic) bond motifs is 1. The van der Waals surface area contributed by atoms with Gasteiger partial charge in [-0.2, -0.15) is 0 Å². The van der Waals surface area contributed by atoms with Crippen molar-refractivity contribution in [2.24, 2.45) is 0 Å². The predicted octanol–water partition coefficient (Wildman–Crippen LogP) is 3.15. The molecule has 4 nitrogen and oxygen atoms in total. The third kappa shape index (κ3) is 3.91. The highest BCUT2D eigenvalue weighted by atomic mass is 32.2. The topological polar surface area (TPSA) is 29.1 Å². The predicted molar refractivity (Wildman–Crippen MR) is 123 cm³/mol. The minimum atomic E-state index is 0.0971. The van der Waals surface area contributed by atoms with Gasteiger partial charge in [-0.05, 0) is 30.7 Å². The van der Waals surface area contributed by atoms with E-state index in [9.17, 15) is 4.79 Å². The number of para-hydroxylation sites is 1. The molecule has 0 amide bonds. The van der Waals surface area contributed by atoms with Crippen LogP contribution in [0.25, 0.3) is 11.1 Å². The number of thiazole rings is 1. The van der Waals surface area contributed by atoms with E-state index in [0.29, 0.717) is 6.54 Å². The lowest BCUT2D eigenvalue weighted by Gasteiger charge is -2.11. The molecule has 0 atom stereocenters. The van der Waals surface area contributed by atoms with Crippen molar-refractivity contribution in [3.05, 3.63) is 73.9 Å². The van der Waals surface area contributed by atoms with E-state index in [0.717, 1.165) is 32.0 Å². The van der Waals surface area contributed by atoms with Gasteiger partial charge in [0, 0.05) is 37.0 Å². The zero-order chi connectivity index (χ0) is 20.4. The SMILES string of the molecule is CCCC[n+]1ccc(C=c2sc(=C3Sc4ccccc4N3C)c(=O)n2CC)cc1. The lowest BCUT2D eigenvalue weighted by Crippen LogP contribution is -2.33. The van der Waals surface area contributed by atoms with Gasteiger partial charge in [0.2, 0.25) is 0 Å². The van der Waals surface area contributed by atoms with Crippen LogP contribution >= 0.6 is 23.1 Å². The largest absolute Gasteiger partial charge is 0.337 e. The molecule has 0 unspecified atom stereocenters. The van der Waals surface area contributed by atoms with Crippen molar-refractivity contribution >= 4 is 39.9 Å². The summed E-state index contributed by atoms with van der Waals surface area (Å²) in [5.74, 6) is 0. The Morgan fingerprint density at radius 2 is 1.86 bits per heavy atom. The number of nitrogens with zero attached hydrogens (tertiary/aromatic N) is 3. The zero-order valence-corrected chi connectivity index (χ0v) is 18.7. The molecule has 0 saturated carbocycles. The van der Waals surface area contributed by atoms with Crippen molar-refractivity contribution in [1.29, 1.82) is 0 Å². The number of unbranched alkanes of at least 4 members (excludes halogenated alkanes) is 1. The molecule has 0 bridgehead atoms. The summed E-state index contributed by atoms with van der Waals surface area (Å²) in [6.45, 7) is 5.95. The van der Waals surface area contributed by atoms with Crippen molar-refractivity contribution in [2.45, 2.75) is 44.7 Å². The second-order valence-electron chi connectivity index (χ2n) is 7.12. The summed E-state index contributed by atoms with van der Waals surface area (Å²) in [5, 5.41) is 1.02. The molecule has 4 rings (SSSR count). The molecular formula is C23H26N3OS2+. The van der Waals surface area contributed by atoms with E-state index < -0.39 is 0 Å². The summed E-state index contributed by atoms with van der Waals surface area (Å²) in [6, 6.07) is 12.5. The molecular weight excluding hydrogens is 398 g/mol. The summed E-state index contributed by atoms with van der Waals surface area (Å²) < 4.78 is 5.90. The van der Waals surface area contributed by atoms with Crippen LogP contribution in [0.5, 0.6) is 0 Å². The lowest BCUT2D eigenvalue weighted by atomic mass is 10.2. The lowest BCUT2D eigenvalue weighted by molar-refractivity contribution is -0.697. The van der Waals surface area contributed by atoms with Crippen LogP contribution in [0, 0.1) is 0 Å². The van der Waals surface area contributed by atoms with Crippen LogP contribution < -0.4 is 24.2 Å². The normalized spacial score (nSPS) is 15.8. The van der Waals surface area contributed by atoms with Gasteiger partial charge < -0.3 is 4.90 Å². The number of aryl methyl sites for hydroxylation is 1. The van der Waals surface area contributed by atoms with Crippen LogP contribution in [0.4, 0.5) is 5.69 Å². The van der Waals surface area contributed by atoms with Crippen LogP contribution in [0.2, 0.25) is 0 Å². The number of hydrogen-bond donors (Lipinski definition) is 0. The third-order valence-corrected chi connectivity index (χ3v) is 7.62. The Kier molecular flexibility index (Phi) is 5.92. The van der Waals surface area contributed by atoms with Gasteiger partial charge in [0.1, 0.15) is 16.1 Å². The molecule has 1 aromatic carbocycles. The highest BCUT2D eigenvalue weighted by Crippen LogP contribution is 2.44. The molecule has 0 radical (unpaired) electrons. The number of thioether (sulfide) groups is 1. The van der Waals surface area contributed by atoms with Gasteiger partial charge in [-0.1, -0.05) is 37.2 Å². The number of pyridine rings is 1. The Labute approximate surface area is 179 Å². The van der Waals surface area contributed by atoms with Crippen LogP contribution in [0.15, 0.2) is 58.5 Å². The molecule has 3 heterocycles. The van der Waals surface area contributed by atoms with E-state index >= 15 is 0 Å². The molecule has 29 heavy (non-hydrogen) atoms. The van der Waals surface area contributed by atoms with Gasteiger partial charge in [0.05, 0.1) is 10.4 Å². The summed E-state index contributed by atoms with van der Waals surface area (Å²) >= 11 is 3.27. The molecule has 6 heteroatoms. The van der Waals surface area contributed by atoms with Crippen molar-refractivity contribution in [3.8, 4) is 0 Å². The van der Waals surface area contributed by atoms with Crippen molar-refractivity contribution in [1.82, 2.24) is 4.57 Å². The standard InChI is InChI=1S/C23H26N3OS2/c1-4-6-13-25-14-11-17(12-15-25)16-20-26(5-2)22(27)21(29-20)23-24(3)18-9-7-8-10-19(18)28-23/h7-12,14-16H,4-6,13H2,1-3H3/q+1. The molecule has 1 aliphatic heterocycles. The van der Waals surface area contributed by atoms with E-state index in [1.165, 1.54) is 17.7 Å². The molecule has 1 aliphatic rings. The molecule has 2 aromatic heterocycles. The average molecular weight is 425 g/mol. The number of hydrogen-bond acceptors (Lipinski definition) is 4. The number of aromatic nitrogens is 2. The third-order valence-electron chi connectivity index (χ3n) is 5.14. The molecule has 3 aromatic rings. The first kappa shape index (κ1) is 20.0. The van der Waals surface area contributed by atoms with Crippen molar-refractivity contribution in [3.63, 3.8) is 0 Å². The van der Waals surface area contributed by atoms with Crippen LogP contribution in [0.1, 0.15) is 32.3 Å². The van der Waals surface area contributed by atoms with E-state index in [2.05, 4.69) is 59.1 Å². The summed E-state index contributed by atoms with van der Waals surface area (Å²) in [7, 11) is 2.04. The molecule has 0 aliphatic carbocycles. The van der Waals surface area contributed by atoms with Crippen molar-refractivity contribution in [2.75, 3.05) is 11.9 Å². The van der Waals surface area contributed by atoms with Gasteiger partial charge in [-0.3, -0.25) is 9.36 Å². The first-order chi connectivity index (χ1) is 14.1. The molecule has 150 valence electrons. The van der Waals surface area contributed by atoms with E-state index in [4.69, 9.17) is 0 Å².